The van der Waals surface area contributed by atoms with Gasteiger partial charge in [0.1, 0.15) is 0 Å². The third-order valence-corrected chi connectivity index (χ3v) is 4.86. The lowest BCUT2D eigenvalue weighted by atomic mass is 9.87. The van der Waals surface area contributed by atoms with E-state index in [0.717, 1.165) is 24.8 Å². The van der Waals surface area contributed by atoms with Crippen LogP contribution in [0.5, 0.6) is 0 Å². The molecule has 1 aromatic heterocycles. The van der Waals surface area contributed by atoms with Gasteiger partial charge in [-0.1, -0.05) is 36.4 Å². The Morgan fingerprint density at radius 1 is 1.16 bits per heavy atom. The van der Waals surface area contributed by atoms with Crippen molar-refractivity contribution in [1.29, 1.82) is 0 Å². The van der Waals surface area contributed by atoms with Crippen LogP contribution in [0.15, 0.2) is 48.5 Å². The second kappa shape index (κ2) is 6.47. The van der Waals surface area contributed by atoms with E-state index in [1.807, 2.05) is 36.2 Å². The molecule has 0 spiro atoms. The summed E-state index contributed by atoms with van der Waals surface area (Å²) >= 11 is 0. The highest BCUT2D eigenvalue weighted by molar-refractivity contribution is 5.94. The van der Waals surface area contributed by atoms with E-state index in [2.05, 4.69) is 44.9 Å². The summed E-state index contributed by atoms with van der Waals surface area (Å²) in [5, 5.41) is 13.9. The molecule has 6 heteroatoms. The molecule has 1 atom stereocenters. The lowest BCUT2D eigenvalue weighted by Gasteiger charge is -2.33. The first-order chi connectivity index (χ1) is 12.2. The van der Waals surface area contributed by atoms with Crippen LogP contribution >= 0.6 is 0 Å². The van der Waals surface area contributed by atoms with Crippen LogP contribution in [0.1, 0.15) is 40.4 Å². The number of tetrazole rings is 1. The Morgan fingerprint density at radius 3 is 2.72 bits per heavy atom. The first-order valence-corrected chi connectivity index (χ1v) is 8.43. The van der Waals surface area contributed by atoms with Crippen LogP contribution in [0, 0.1) is 0 Å². The summed E-state index contributed by atoms with van der Waals surface area (Å²) in [6, 6.07) is 15.9. The molecule has 6 nitrogen and oxygen atoms in total. The first kappa shape index (κ1) is 15.5. The Bertz CT molecular complexity index is 873. The van der Waals surface area contributed by atoms with Crippen molar-refractivity contribution in [3.8, 4) is 11.4 Å². The van der Waals surface area contributed by atoms with Crippen LogP contribution in [-0.2, 0) is 6.42 Å². The molecule has 0 saturated heterocycles. The van der Waals surface area contributed by atoms with Gasteiger partial charge in [0.2, 0.25) is 5.82 Å². The summed E-state index contributed by atoms with van der Waals surface area (Å²) in [6.45, 7) is 0. The first-order valence-electron chi connectivity index (χ1n) is 8.43. The van der Waals surface area contributed by atoms with Crippen molar-refractivity contribution in [3.63, 3.8) is 0 Å². The molecule has 126 valence electrons. The van der Waals surface area contributed by atoms with Crippen LogP contribution in [0.4, 0.5) is 0 Å². The van der Waals surface area contributed by atoms with Crippen molar-refractivity contribution in [2.45, 2.75) is 25.3 Å². The standard InChI is InChI=1S/C19H19N5O/c1-24(17-8-4-6-13-5-2-3-7-16(13)17)19(25)15-11-9-14(10-12-15)18-20-22-23-21-18/h2-3,5,7,9-12,17H,4,6,8H2,1H3,(H,20,21,22,23)/t17-/m0/s1. The zero-order chi connectivity index (χ0) is 17.2. The summed E-state index contributed by atoms with van der Waals surface area (Å²) in [6.07, 6.45) is 3.20. The largest absolute Gasteiger partial charge is 0.335 e. The molecule has 3 aromatic rings. The summed E-state index contributed by atoms with van der Waals surface area (Å²) in [7, 11) is 1.89. The molecule has 1 amide bonds. The van der Waals surface area contributed by atoms with Crippen molar-refractivity contribution in [1.82, 2.24) is 25.5 Å². The maximum absolute atomic E-state index is 12.9. The fraction of sp³-hybridized carbons (Fsp3) is 0.263. The number of nitrogens with one attached hydrogen (secondary N) is 1. The minimum absolute atomic E-state index is 0.0290. The van der Waals surface area contributed by atoms with Crippen LogP contribution in [0.25, 0.3) is 11.4 Å². The van der Waals surface area contributed by atoms with Gasteiger partial charge >= 0.3 is 0 Å². The summed E-state index contributed by atoms with van der Waals surface area (Å²) < 4.78 is 0. The van der Waals surface area contributed by atoms with Crippen molar-refractivity contribution in [2.24, 2.45) is 0 Å². The van der Waals surface area contributed by atoms with Gasteiger partial charge < -0.3 is 4.90 Å². The summed E-state index contributed by atoms with van der Waals surface area (Å²) in [5.74, 6) is 0.551. The zero-order valence-electron chi connectivity index (χ0n) is 14.0. The normalized spacial score (nSPS) is 16.3. The highest BCUT2D eigenvalue weighted by atomic mass is 16.2. The number of hydrogen-bond donors (Lipinski definition) is 1. The van der Waals surface area contributed by atoms with Crippen LogP contribution in [0.3, 0.4) is 0 Å². The molecule has 0 radical (unpaired) electrons. The second-order valence-electron chi connectivity index (χ2n) is 6.34. The molecular formula is C19H19N5O. The number of amides is 1. The van der Waals surface area contributed by atoms with Gasteiger partial charge in [0.15, 0.2) is 0 Å². The highest BCUT2D eigenvalue weighted by Crippen LogP contribution is 2.34. The van der Waals surface area contributed by atoms with E-state index < -0.39 is 0 Å². The molecular weight excluding hydrogens is 314 g/mol. The minimum atomic E-state index is 0.0290. The monoisotopic (exact) mass is 333 g/mol. The molecule has 4 rings (SSSR count). The number of carbonyl (C=O) groups is 1. The molecule has 1 N–H and O–H groups in total. The summed E-state index contributed by atoms with van der Waals surface area (Å²) in [4.78, 5) is 14.8. The van der Waals surface area contributed by atoms with Crippen LogP contribution < -0.4 is 0 Å². The van der Waals surface area contributed by atoms with E-state index >= 15 is 0 Å². The van der Waals surface area contributed by atoms with Crippen LogP contribution in [0.2, 0.25) is 0 Å². The lowest BCUT2D eigenvalue weighted by Crippen LogP contribution is -2.33. The number of hydrogen-bond acceptors (Lipinski definition) is 4. The molecule has 1 aliphatic rings. The zero-order valence-corrected chi connectivity index (χ0v) is 14.0. The number of aromatic amines is 1. The average Bonchev–Trinajstić information content (AvgIpc) is 3.21. The van der Waals surface area contributed by atoms with E-state index in [1.165, 1.54) is 11.1 Å². The van der Waals surface area contributed by atoms with Gasteiger partial charge in [0, 0.05) is 18.2 Å². The Hall–Kier alpha value is -3.02. The third-order valence-electron chi connectivity index (χ3n) is 4.86. The Labute approximate surface area is 145 Å². The van der Waals surface area contributed by atoms with Crippen molar-refractivity contribution in [3.05, 3.63) is 65.2 Å². The van der Waals surface area contributed by atoms with Crippen molar-refractivity contribution in [2.75, 3.05) is 7.05 Å². The molecule has 1 heterocycles. The van der Waals surface area contributed by atoms with E-state index in [1.54, 1.807) is 0 Å². The molecule has 25 heavy (non-hydrogen) atoms. The Morgan fingerprint density at radius 2 is 1.96 bits per heavy atom. The molecule has 0 fully saturated rings. The average molecular weight is 333 g/mol. The Balaban J connectivity index is 1.57. The van der Waals surface area contributed by atoms with Gasteiger partial charge in [-0.05, 0) is 47.7 Å². The molecule has 2 aromatic carbocycles. The van der Waals surface area contributed by atoms with Gasteiger partial charge in [0.25, 0.3) is 5.91 Å². The molecule has 1 aliphatic carbocycles. The quantitative estimate of drug-likeness (QED) is 0.799. The third kappa shape index (κ3) is 2.91. The fourth-order valence-electron chi connectivity index (χ4n) is 3.52. The van der Waals surface area contributed by atoms with E-state index in [-0.39, 0.29) is 11.9 Å². The lowest BCUT2D eigenvalue weighted by molar-refractivity contribution is 0.0715. The van der Waals surface area contributed by atoms with Gasteiger partial charge in [-0.15, -0.1) is 10.2 Å². The minimum Gasteiger partial charge on any atom is -0.335 e. The van der Waals surface area contributed by atoms with Gasteiger partial charge in [-0.3, -0.25) is 4.79 Å². The second-order valence-corrected chi connectivity index (χ2v) is 6.34. The Kier molecular flexibility index (Phi) is 4.01. The van der Waals surface area contributed by atoms with E-state index in [9.17, 15) is 4.79 Å². The maximum Gasteiger partial charge on any atom is 0.254 e. The molecule has 0 bridgehead atoms. The predicted octanol–water partition coefficient (Wildman–Crippen LogP) is 3.02. The number of fused-ring (bicyclic) bond motifs is 1. The number of rotatable bonds is 3. The number of aryl methyl sites for hydroxylation is 1. The molecule has 0 unspecified atom stereocenters. The van der Waals surface area contributed by atoms with Crippen molar-refractivity contribution < 1.29 is 4.79 Å². The highest BCUT2D eigenvalue weighted by Gasteiger charge is 2.27. The van der Waals surface area contributed by atoms with Gasteiger partial charge in [-0.2, -0.15) is 5.21 Å². The number of carbonyl (C=O) groups excluding carboxylic acids is 1. The predicted molar refractivity (Wildman–Crippen MR) is 93.8 cm³/mol. The molecule has 0 aliphatic heterocycles. The smallest absolute Gasteiger partial charge is 0.254 e. The topological polar surface area (TPSA) is 74.8 Å². The van der Waals surface area contributed by atoms with Gasteiger partial charge in [0.05, 0.1) is 6.04 Å². The summed E-state index contributed by atoms with van der Waals surface area (Å²) in [5.41, 5.74) is 4.12. The number of benzene rings is 2. The number of nitrogens with zero attached hydrogens (tertiary/aromatic N) is 4. The van der Waals surface area contributed by atoms with E-state index in [0.29, 0.717) is 11.4 Å². The molecule has 0 saturated carbocycles. The SMILES string of the molecule is CN(C(=O)c1ccc(-c2nn[nH]n2)cc1)[C@H]1CCCc2ccccc21. The number of H-pyrrole nitrogens is 1. The number of aromatic nitrogens is 4. The fourth-order valence-corrected chi connectivity index (χ4v) is 3.52. The van der Waals surface area contributed by atoms with Gasteiger partial charge in [-0.25, -0.2) is 0 Å². The van der Waals surface area contributed by atoms with Crippen molar-refractivity contribution >= 4 is 5.91 Å². The maximum atomic E-state index is 12.9. The van der Waals surface area contributed by atoms with Crippen LogP contribution in [-0.4, -0.2) is 38.5 Å². The van der Waals surface area contributed by atoms with E-state index in [4.69, 9.17) is 0 Å².